The van der Waals surface area contributed by atoms with E-state index in [1.807, 2.05) is 36.4 Å². The van der Waals surface area contributed by atoms with Crippen molar-refractivity contribution in [2.45, 2.75) is 13.0 Å². The minimum absolute atomic E-state index is 0.151. The minimum Gasteiger partial charge on any atom is -0.370 e. The molecule has 0 bridgehead atoms. The fraction of sp³-hybridized carbons (Fsp3) is 0.125. The average molecular weight is 283 g/mol. The van der Waals surface area contributed by atoms with E-state index in [4.69, 9.17) is 5.73 Å². The lowest BCUT2D eigenvalue weighted by atomic mass is 10.1. The number of benzene rings is 2. The predicted molar refractivity (Wildman–Crippen MR) is 82.7 cm³/mol. The van der Waals surface area contributed by atoms with Crippen LogP contribution in [0, 0.1) is 0 Å². The normalized spacial score (nSPS) is 11.5. The Hall–Kier alpha value is -2.82. The molecule has 5 nitrogen and oxygen atoms in total. The number of amides is 2. The summed E-state index contributed by atoms with van der Waals surface area (Å²) in [5, 5.41) is 5.77. The van der Waals surface area contributed by atoms with Crippen molar-refractivity contribution in [2.75, 3.05) is 10.6 Å². The number of carbonyl (C=O) groups is 2. The summed E-state index contributed by atoms with van der Waals surface area (Å²) in [5.74, 6) is -0.618. The van der Waals surface area contributed by atoms with Crippen molar-refractivity contribution in [1.29, 1.82) is 0 Å². The Morgan fingerprint density at radius 3 is 2.29 bits per heavy atom. The highest BCUT2D eigenvalue weighted by Crippen LogP contribution is 2.22. The van der Waals surface area contributed by atoms with Crippen molar-refractivity contribution in [3.63, 3.8) is 0 Å². The van der Waals surface area contributed by atoms with E-state index in [-0.39, 0.29) is 5.91 Å². The van der Waals surface area contributed by atoms with Gasteiger partial charge in [0.25, 0.3) is 0 Å². The summed E-state index contributed by atoms with van der Waals surface area (Å²) >= 11 is 0. The number of rotatable bonds is 5. The average Bonchev–Trinajstić information content (AvgIpc) is 2.45. The van der Waals surface area contributed by atoms with E-state index in [1.165, 1.54) is 6.92 Å². The van der Waals surface area contributed by atoms with Crippen LogP contribution in [0.1, 0.15) is 18.5 Å². The second-order valence-electron chi connectivity index (χ2n) is 4.65. The summed E-state index contributed by atoms with van der Waals surface area (Å²) in [7, 11) is 0. The zero-order chi connectivity index (χ0) is 15.2. The molecule has 0 radical (unpaired) electrons. The highest BCUT2D eigenvalue weighted by Gasteiger charge is 2.17. The van der Waals surface area contributed by atoms with Gasteiger partial charge in [0.05, 0.1) is 0 Å². The van der Waals surface area contributed by atoms with Crippen molar-refractivity contribution in [3.05, 3.63) is 60.2 Å². The van der Waals surface area contributed by atoms with Gasteiger partial charge in [-0.05, 0) is 23.8 Å². The predicted octanol–water partition coefficient (Wildman–Crippen LogP) is 2.28. The van der Waals surface area contributed by atoms with E-state index in [9.17, 15) is 9.59 Å². The van der Waals surface area contributed by atoms with Gasteiger partial charge in [-0.15, -0.1) is 0 Å². The third kappa shape index (κ3) is 4.07. The molecule has 108 valence electrons. The summed E-state index contributed by atoms with van der Waals surface area (Å²) < 4.78 is 0. The molecule has 2 amide bonds. The van der Waals surface area contributed by atoms with E-state index in [0.717, 1.165) is 5.56 Å². The molecule has 0 heterocycles. The van der Waals surface area contributed by atoms with Crippen LogP contribution in [0.4, 0.5) is 11.4 Å². The number of hydrogen-bond donors (Lipinski definition) is 3. The van der Waals surface area contributed by atoms with Crippen LogP contribution >= 0.6 is 0 Å². The van der Waals surface area contributed by atoms with Gasteiger partial charge in [-0.3, -0.25) is 9.59 Å². The Kier molecular flexibility index (Phi) is 4.56. The first kappa shape index (κ1) is 14.6. The van der Waals surface area contributed by atoms with Crippen LogP contribution in [0.25, 0.3) is 0 Å². The van der Waals surface area contributed by atoms with E-state index >= 15 is 0 Å². The van der Waals surface area contributed by atoms with Gasteiger partial charge in [0.15, 0.2) is 0 Å². The van der Waals surface area contributed by atoms with Gasteiger partial charge in [0, 0.05) is 18.3 Å². The topological polar surface area (TPSA) is 84.2 Å². The molecule has 0 fully saturated rings. The zero-order valence-corrected chi connectivity index (χ0v) is 11.7. The lowest BCUT2D eigenvalue weighted by molar-refractivity contribution is -0.119. The lowest BCUT2D eigenvalue weighted by Gasteiger charge is -2.17. The number of hydrogen-bond acceptors (Lipinski definition) is 3. The van der Waals surface area contributed by atoms with Crippen molar-refractivity contribution in [2.24, 2.45) is 5.73 Å². The lowest BCUT2D eigenvalue weighted by Crippen LogP contribution is -2.27. The monoisotopic (exact) mass is 283 g/mol. The largest absolute Gasteiger partial charge is 0.370 e. The first-order chi connectivity index (χ1) is 10.1. The quantitative estimate of drug-likeness (QED) is 0.787. The summed E-state index contributed by atoms with van der Waals surface area (Å²) in [4.78, 5) is 22.7. The Bertz CT molecular complexity index is 641. The van der Waals surface area contributed by atoms with Crippen LogP contribution < -0.4 is 16.4 Å². The second kappa shape index (κ2) is 6.56. The highest BCUT2D eigenvalue weighted by molar-refractivity contribution is 5.89. The smallest absolute Gasteiger partial charge is 0.244 e. The van der Waals surface area contributed by atoms with Crippen LogP contribution in [0.15, 0.2) is 54.6 Å². The van der Waals surface area contributed by atoms with Crippen molar-refractivity contribution in [3.8, 4) is 0 Å². The Morgan fingerprint density at radius 1 is 1.00 bits per heavy atom. The Labute approximate surface area is 123 Å². The maximum absolute atomic E-state index is 11.7. The molecule has 0 aliphatic heterocycles. The molecule has 2 aromatic carbocycles. The third-order valence-corrected chi connectivity index (χ3v) is 2.91. The zero-order valence-electron chi connectivity index (χ0n) is 11.7. The first-order valence-electron chi connectivity index (χ1n) is 6.54. The van der Waals surface area contributed by atoms with Crippen LogP contribution in [0.2, 0.25) is 0 Å². The summed E-state index contributed by atoms with van der Waals surface area (Å²) in [6.07, 6.45) is 0. The fourth-order valence-electron chi connectivity index (χ4n) is 2.02. The van der Waals surface area contributed by atoms with E-state index in [0.29, 0.717) is 11.4 Å². The van der Waals surface area contributed by atoms with Gasteiger partial charge in [0.1, 0.15) is 6.04 Å². The molecule has 2 aromatic rings. The van der Waals surface area contributed by atoms with Gasteiger partial charge in [-0.25, -0.2) is 0 Å². The number of primary amides is 1. The van der Waals surface area contributed by atoms with E-state index in [1.54, 1.807) is 18.2 Å². The molecule has 0 aliphatic carbocycles. The van der Waals surface area contributed by atoms with Crippen molar-refractivity contribution >= 4 is 23.2 Å². The Morgan fingerprint density at radius 2 is 1.67 bits per heavy atom. The molecule has 0 saturated heterocycles. The Balaban J connectivity index is 2.22. The number of nitrogens with one attached hydrogen (secondary N) is 2. The molecule has 0 saturated carbocycles. The molecule has 21 heavy (non-hydrogen) atoms. The molecule has 5 heteroatoms. The number of nitrogens with two attached hydrogens (primary N) is 1. The molecule has 4 N–H and O–H groups in total. The third-order valence-electron chi connectivity index (χ3n) is 2.91. The van der Waals surface area contributed by atoms with E-state index in [2.05, 4.69) is 10.6 Å². The van der Waals surface area contributed by atoms with Gasteiger partial charge < -0.3 is 16.4 Å². The number of anilines is 2. The summed E-state index contributed by atoms with van der Waals surface area (Å²) in [5.41, 5.74) is 7.61. The van der Waals surface area contributed by atoms with Gasteiger partial charge in [-0.1, -0.05) is 36.4 Å². The van der Waals surface area contributed by atoms with E-state index < -0.39 is 11.9 Å². The number of carbonyl (C=O) groups excluding carboxylic acids is 2. The molecule has 0 aliphatic rings. The summed E-state index contributed by atoms with van der Waals surface area (Å²) in [6.45, 7) is 1.44. The standard InChI is InChI=1S/C16H17N3O2/c1-11(20)18-13-8-5-9-14(10-13)19-15(16(17)21)12-6-3-2-4-7-12/h2-10,15,19H,1H3,(H2,17,21)(H,18,20)/t15-/m1/s1. The maximum atomic E-state index is 11.7. The van der Waals surface area contributed by atoms with Gasteiger partial charge in [-0.2, -0.15) is 0 Å². The second-order valence-corrected chi connectivity index (χ2v) is 4.65. The van der Waals surface area contributed by atoms with Crippen molar-refractivity contribution in [1.82, 2.24) is 0 Å². The van der Waals surface area contributed by atoms with Gasteiger partial charge in [0.2, 0.25) is 11.8 Å². The molecule has 0 aromatic heterocycles. The molecular weight excluding hydrogens is 266 g/mol. The molecule has 0 spiro atoms. The van der Waals surface area contributed by atoms with Crippen LogP contribution in [-0.4, -0.2) is 11.8 Å². The summed E-state index contributed by atoms with van der Waals surface area (Å²) in [6, 6.07) is 15.7. The molecule has 0 unspecified atom stereocenters. The SMILES string of the molecule is CC(=O)Nc1cccc(N[C@@H](C(N)=O)c2ccccc2)c1. The maximum Gasteiger partial charge on any atom is 0.244 e. The molecule has 1 atom stereocenters. The minimum atomic E-state index is -0.626. The van der Waals surface area contributed by atoms with Crippen molar-refractivity contribution < 1.29 is 9.59 Å². The fourth-order valence-corrected chi connectivity index (χ4v) is 2.02. The van der Waals surface area contributed by atoms with Gasteiger partial charge >= 0.3 is 0 Å². The molecule has 2 rings (SSSR count). The molecular formula is C16H17N3O2. The van der Waals surface area contributed by atoms with Crippen LogP contribution in [-0.2, 0) is 9.59 Å². The highest BCUT2D eigenvalue weighted by atomic mass is 16.2. The van der Waals surface area contributed by atoms with Crippen LogP contribution in [0.3, 0.4) is 0 Å². The van der Waals surface area contributed by atoms with Crippen LogP contribution in [0.5, 0.6) is 0 Å². The first-order valence-corrected chi connectivity index (χ1v) is 6.54.